The van der Waals surface area contributed by atoms with Crippen LogP contribution in [0.2, 0.25) is 0 Å². The van der Waals surface area contributed by atoms with Gasteiger partial charge in [-0.05, 0) is 54.4 Å². The molecule has 0 bridgehead atoms. The summed E-state index contributed by atoms with van der Waals surface area (Å²) in [6.07, 6.45) is 0.717. The quantitative estimate of drug-likeness (QED) is 0.839. The van der Waals surface area contributed by atoms with Gasteiger partial charge in [0.2, 0.25) is 0 Å². The Bertz CT molecular complexity index is 799. The van der Waals surface area contributed by atoms with Crippen LogP contribution in [0.4, 0.5) is 5.69 Å². The minimum absolute atomic E-state index is 0.0608. The molecule has 1 amide bonds. The number of hydrogen-bond acceptors (Lipinski definition) is 3. The van der Waals surface area contributed by atoms with Crippen molar-refractivity contribution in [3.63, 3.8) is 0 Å². The molecule has 0 spiro atoms. The van der Waals surface area contributed by atoms with E-state index in [1.165, 1.54) is 0 Å². The van der Waals surface area contributed by atoms with Gasteiger partial charge in [0.05, 0.1) is 11.6 Å². The highest BCUT2D eigenvalue weighted by Gasteiger charge is 2.15. The van der Waals surface area contributed by atoms with E-state index < -0.39 is 0 Å². The molecule has 2 aromatic rings. The maximum absolute atomic E-state index is 12.3. The number of nitriles is 1. The number of rotatable bonds is 5. The van der Waals surface area contributed by atoms with E-state index in [4.69, 9.17) is 5.26 Å². The molecule has 0 aliphatic heterocycles. The zero-order valence-electron chi connectivity index (χ0n) is 14.1. The van der Waals surface area contributed by atoms with Crippen LogP contribution in [0.3, 0.4) is 0 Å². The van der Waals surface area contributed by atoms with Crippen LogP contribution in [0.1, 0.15) is 52.6 Å². The number of carbonyl (C=O) groups is 2. The number of nitrogens with zero attached hydrogens (tertiary/aromatic N) is 1. The molecule has 0 fully saturated rings. The predicted octanol–water partition coefficient (Wildman–Crippen LogP) is 4.21. The third-order valence-corrected chi connectivity index (χ3v) is 3.81. The van der Waals surface area contributed by atoms with Crippen molar-refractivity contribution in [1.29, 1.82) is 5.26 Å². The van der Waals surface area contributed by atoms with Crippen molar-refractivity contribution in [3.8, 4) is 6.07 Å². The third-order valence-electron chi connectivity index (χ3n) is 3.81. The van der Waals surface area contributed by atoms with Crippen molar-refractivity contribution >= 4 is 17.4 Å². The summed E-state index contributed by atoms with van der Waals surface area (Å²) in [4.78, 5) is 24.5. The molecule has 4 nitrogen and oxygen atoms in total. The average molecular weight is 320 g/mol. The SMILES string of the molecule is CCc1cc(NC(=O)c2ccc(C#N)cc2)ccc1C(=O)C(C)C. The molecule has 122 valence electrons. The Hall–Kier alpha value is -2.93. The Kier molecular flexibility index (Phi) is 5.49. The van der Waals surface area contributed by atoms with Crippen LogP contribution in [-0.2, 0) is 6.42 Å². The number of aryl methyl sites for hydroxylation is 1. The molecule has 0 saturated carbocycles. The van der Waals surface area contributed by atoms with E-state index >= 15 is 0 Å². The standard InChI is InChI=1S/C20H20N2O2/c1-4-15-11-17(9-10-18(15)19(23)13(2)3)22-20(24)16-7-5-14(12-21)6-8-16/h5-11,13H,4H2,1-3H3,(H,22,24). The average Bonchev–Trinajstić information content (AvgIpc) is 2.60. The second kappa shape index (κ2) is 7.56. The topological polar surface area (TPSA) is 70.0 Å². The molecule has 0 aromatic heterocycles. The van der Waals surface area contributed by atoms with Gasteiger partial charge in [0.15, 0.2) is 5.78 Å². The fourth-order valence-electron chi connectivity index (χ4n) is 2.41. The summed E-state index contributed by atoms with van der Waals surface area (Å²) in [7, 11) is 0. The summed E-state index contributed by atoms with van der Waals surface area (Å²) in [5.74, 6) is -0.198. The van der Waals surface area contributed by atoms with Gasteiger partial charge in [-0.1, -0.05) is 20.8 Å². The summed E-state index contributed by atoms with van der Waals surface area (Å²) < 4.78 is 0. The largest absolute Gasteiger partial charge is 0.322 e. The second-order valence-corrected chi connectivity index (χ2v) is 5.89. The van der Waals surface area contributed by atoms with Crippen LogP contribution in [0.25, 0.3) is 0 Å². The van der Waals surface area contributed by atoms with E-state index in [0.717, 1.165) is 5.56 Å². The summed E-state index contributed by atoms with van der Waals surface area (Å²) in [5, 5.41) is 11.6. The first kappa shape index (κ1) is 17.4. The lowest BCUT2D eigenvalue weighted by molar-refractivity contribution is 0.0938. The highest BCUT2D eigenvalue weighted by Crippen LogP contribution is 2.20. The molecule has 0 heterocycles. The summed E-state index contributed by atoms with van der Waals surface area (Å²) in [6.45, 7) is 5.74. The van der Waals surface area contributed by atoms with Gasteiger partial charge in [-0.3, -0.25) is 9.59 Å². The number of carbonyl (C=O) groups excluding carboxylic acids is 2. The van der Waals surface area contributed by atoms with Gasteiger partial charge in [-0.15, -0.1) is 0 Å². The first-order valence-corrected chi connectivity index (χ1v) is 7.95. The highest BCUT2D eigenvalue weighted by molar-refractivity contribution is 6.05. The number of ketones is 1. The first-order chi connectivity index (χ1) is 11.5. The highest BCUT2D eigenvalue weighted by atomic mass is 16.1. The second-order valence-electron chi connectivity index (χ2n) is 5.89. The number of Topliss-reactive ketones (excluding diaryl/α,β-unsaturated/α-hetero) is 1. The minimum Gasteiger partial charge on any atom is -0.322 e. The van der Waals surface area contributed by atoms with E-state index in [1.54, 1.807) is 36.4 Å². The summed E-state index contributed by atoms with van der Waals surface area (Å²) in [6, 6.07) is 13.8. The van der Waals surface area contributed by atoms with Crippen molar-refractivity contribution in [2.45, 2.75) is 27.2 Å². The maximum atomic E-state index is 12.3. The molecule has 2 rings (SSSR count). The maximum Gasteiger partial charge on any atom is 0.255 e. The molecule has 4 heteroatoms. The van der Waals surface area contributed by atoms with Crippen LogP contribution in [0.5, 0.6) is 0 Å². The number of anilines is 1. The number of hydrogen-bond donors (Lipinski definition) is 1. The number of nitrogens with one attached hydrogen (secondary N) is 1. The molecule has 2 aromatic carbocycles. The van der Waals surface area contributed by atoms with E-state index in [0.29, 0.717) is 28.8 Å². The van der Waals surface area contributed by atoms with E-state index in [1.807, 2.05) is 32.9 Å². The van der Waals surface area contributed by atoms with E-state index in [-0.39, 0.29) is 17.6 Å². The number of amides is 1. The van der Waals surface area contributed by atoms with Crippen LogP contribution in [0, 0.1) is 17.2 Å². The monoisotopic (exact) mass is 320 g/mol. The lowest BCUT2D eigenvalue weighted by Gasteiger charge is -2.12. The van der Waals surface area contributed by atoms with Crippen molar-refractivity contribution in [3.05, 3.63) is 64.7 Å². The van der Waals surface area contributed by atoms with Crippen molar-refractivity contribution in [1.82, 2.24) is 0 Å². The molecular weight excluding hydrogens is 300 g/mol. The fourth-order valence-corrected chi connectivity index (χ4v) is 2.41. The van der Waals surface area contributed by atoms with Gasteiger partial charge in [-0.2, -0.15) is 5.26 Å². The van der Waals surface area contributed by atoms with Crippen LogP contribution in [-0.4, -0.2) is 11.7 Å². The van der Waals surface area contributed by atoms with Gasteiger partial charge in [-0.25, -0.2) is 0 Å². The molecule has 0 aliphatic carbocycles. The zero-order chi connectivity index (χ0) is 17.7. The molecule has 24 heavy (non-hydrogen) atoms. The normalized spacial score (nSPS) is 10.3. The molecule has 0 aliphatic rings. The van der Waals surface area contributed by atoms with E-state index in [2.05, 4.69) is 5.32 Å². The zero-order valence-corrected chi connectivity index (χ0v) is 14.1. The Balaban J connectivity index is 2.22. The number of benzene rings is 2. The predicted molar refractivity (Wildman–Crippen MR) is 94.1 cm³/mol. The molecular formula is C20H20N2O2. The van der Waals surface area contributed by atoms with Gasteiger partial charge >= 0.3 is 0 Å². The Morgan fingerprint density at radius 1 is 1.12 bits per heavy atom. The van der Waals surface area contributed by atoms with Crippen LogP contribution >= 0.6 is 0 Å². The Labute approximate surface area is 142 Å². The van der Waals surface area contributed by atoms with Gasteiger partial charge in [0.1, 0.15) is 0 Å². The lowest BCUT2D eigenvalue weighted by Crippen LogP contribution is -2.14. The molecule has 0 unspecified atom stereocenters. The molecule has 1 N–H and O–H groups in total. The third kappa shape index (κ3) is 3.88. The Morgan fingerprint density at radius 3 is 2.33 bits per heavy atom. The lowest BCUT2D eigenvalue weighted by atomic mass is 9.94. The first-order valence-electron chi connectivity index (χ1n) is 7.95. The van der Waals surface area contributed by atoms with Gasteiger partial charge in [0.25, 0.3) is 5.91 Å². The summed E-state index contributed by atoms with van der Waals surface area (Å²) >= 11 is 0. The molecule has 0 atom stereocenters. The molecule has 0 radical (unpaired) electrons. The van der Waals surface area contributed by atoms with Gasteiger partial charge in [0, 0.05) is 22.7 Å². The minimum atomic E-state index is -0.246. The smallest absolute Gasteiger partial charge is 0.255 e. The molecule has 0 saturated heterocycles. The van der Waals surface area contributed by atoms with Crippen LogP contribution in [0.15, 0.2) is 42.5 Å². The van der Waals surface area contributed by atoms with E-state index in [9.17, 15) is 9.59 Å². The fraction of sp³-hybridized carbons (Fsp3) is 0.250. The van der Waals surface area contributed by atoms with Crippen molar-refractivity contribution in [2.75, 3.05) is 5.32 Å². The Morgan fingerprint density at radius 2 is 1.79 bits per heavy atom. The summed E-state index contributed by atoms with van der Waals surface area (Å²) in [5.41, 5.74) is 3.28. The van der Waals surface area contributed by atoms with Crippen LogP contribution < -0.4 is 5.32 Å². The van der Waals surface area contributed by atoms with Gasteiger partial charge < -0.3 is 5.32 Å². The van der Waals surface area contributed by atoms with Crippen molar-refractivity contribution in [2.24, 2.45) is 5.92 Å². The van der Waals surface area contributed by atoms with Crippen molar-refractivity contribution < 1.29 is 9.59 Å².